The van der Waals surface area contributed by atoms with Gasteiger partial charge in [-0.1, -0.05) is 0 Å². The lowest BCUT2D eigenvalue weighted by Gasteiger charge is -2.26. The number of carbonyl (C=O) groups excluding carboxylic acids is 1. The number of pyridine rings is 1. The van der Waals surface area contributed by atoms with Crippen LogP contribution in [0.4, 0.5) is 0 Å². The fourth-order valence-electron chi connectivity index (χ4n) is 3.82. The quantitative estimate of drug-likeness (QED) is 0.734. The zero-order chi connectivity index (χ0) is 18.7. The molecular weight excluding hydrogens is 334 g/mol. The van der Waals surface area contributed by atoms with Crippen LogP contribution in [0.2, 0.25) is 0 Å². The van der Waals surface area contributed by atoms with E-state index in [2.05, 4.69) is 4.98 Å². The van der Waals surface area contributed by atoms with Gasteiger partial charge in [0, 0.05) is 28.6 Å². The third kappa shape index (κ3) is 3.16. The molecule has 0 fully saturated rings. The van der Waals surface area contributed by atoms with Crippen molar-refractivity contribution in [1.82, 2.24) is 4.98 Å². The van der Waals surface area contributed by atoms with Gasteiger partial charge in [0.2, 0.25) is 5.75 Å². The normalized spacial score (nSPS) is 16.1. The minimum Gasteiger partial charge on any atom is -0.493 e. The van der Waals surface area contributed by atoms with Crippen molar-refractivity contribution in [2.24, 2.45) is 0 Å². The van der Waals surface area contributed by atoms with Gasteiger partial charge in [0.05, 0.1) is 34.4 Å². The lowest BCUT2D eigenvalue weighted by molar-refractivity contribution is -0.143. The molecule has 1 aromatic heterocycles. The second-order valence-corrected chi connectivity index (χ2v) is 6.33. The van der Waals surface area contributed by atoms with E-state index >= 15 is 0 Å². The van der Waals surface area contributed by atoms with Crippen LogP contribution in [-0.2, 0) is 16.0 Å². The van der Waals surface area contributed by atoms with Gasteiger partial charge in [-0.3, -0.25) is 9.78 Å². The monoisotopic (exact) mass is 359 g/mol. The SMILES string of the molecule is CCOC(=O)CC1CCCc2c1ncc1cc(OC)c(OC)c(OC)c21. The van der Waals surface area contributed by atoms with Crippen LogP contribution < -0.4 is 14.2 Å². The Bertz CT molecular complexity index is 818. The molecule has 1 atom stereocenters. The molecule has 0 bridgehead atoms. The molecular formula is C20H25NO5. The summed E-state index contributed by atoms with van der Waals surface area (Å²) in [4.78, 5) is 16.7. The molecule has 1 aliphatic rings. The van der Waals surface area contributed by atoms with Crippen LogP contribution in [0.15, 0.2) is 12.3 Å². The summed E-state index contributed by atoms with van der Waals surface area (Å²) in [6.45, 7) is 2.22. The van der Waals surface area contributed by atoms with E-state index < -0.39 is 0 Å². The van der Waals surface area contributed by atoms with Crippen molar-refractivity contribution in [3.05, 3.63) is 23.5 Å². The number of carbonyl (C=O) groups is 1. The van der Waals surface area contributed by atoms with Crippen molar-refractivity contribution in [1.29, 1.82) is 0 Å². The van der Waals surface area contributed by atoms with E-state index in [9.17, 15) is 4.79 Å². The number of esters is 1. The van der Waals surface area contributed by atoms with Crippen LogP contribution >= 0.6 is 0 Å². The van der Waals surface area contributed by atoms with Gasteiger partial charge in [-0.25, -0.2) is 0 Å². The molecule has 0 saturated carbocycles. The van der Waals surface area contributed by atoms with Gasteiger partial charge in [0.25, 0.3) is 0 Å². The average Bonchev–Trinajstić information content (AvgIpc) is 2.66. The van der Waals surface area contributed by atoms with Gasteiger partial charge in [-0.05, 0) is 37.8 Å². The second-order valence-electron chi connectivity index (χ2n) is 6.33. The summed E-state index contributed by atoms with van der Waals surface area (Å²) < 4.78 is 21.8. The number of nitrogens with zero attached hydrogens (tertiary/aromatic N) is 1. The molecule has 26 heavy (non-hydrogen) atoms. The van der Waals surface area contributed by atoms with Crippen molar-refractivity contribution in [2.75, 3.05) is 27.9 Å². The van der Waals surface area contributed by atoms with Gasteiger partial charge < -0.3 is 18.9 Å². The largest absolute Gasteiger partial charge is 0.493 e. The highest BCUT2D eigenvalue weighted by Crippen LogP contribution is 2.47. The Balaban J connectivity index is 2.16. The Morgan fingerprint density at radius 3 is 2.62 bits per heavy atom. The van der Waals surface area contributed by atoms with Crippen molar-refractivity contribution in [3.63, 3.8) is 0 Å². The third-order valence-electron chi connectivity index (χ3n) is 4.90. The fraction of sp³-hybridized carbons (Fsp3) is 0.500. The molecule has 140 valence electrons. The highest BCUT2D eigenvalue weighted by Gasteiger charge is 2.28. The lowest BCUT2D eigenvalue weighted by atomic mass is 9.82. The van der Waals surface area contributed by atoms with Crippen LogP contribution in [-0.4, -0.2) is 38.9 Å². The maximum Gasteiger partial charge on any atom is 0.306 e. The highest BCUT2D eigenvalue weighted by atomic mass is 16.5. The van der Waals surface area contributed by atoms with E-state index in [1.54, 1.807) is 21.3 Å². The first-order chi connectivity index (χ1) is 12.6. The van der Waals surface area contributed by atoms with Gasteiger partial charge in [0.1, 0.15) is 0 Å². The summed E-state index contributed by atoms with van der Waals surface area (Å²) in [6, 6.07) is 1.92. The molecule has 0 saturated heterocycles. The summed E-state index contributed by atoms with van der Waals surface area (Å²) in [5, 5.41) is 1.93. The van der Waals surface area contributed by atoms with Gasteiger partial charge >= 0.3 is 5.97 Å². The molecule has 1 aliphatic carbocycles. The number of fused-ring (bicyclic) bond motifs is 3. The molecule has 6 nitrogen and oxygen atoms in total. The van der Waals surface area contributed by atoms with Gasteiger partial charge in [-0.15, -0.1) is 0 Å². The Morgan fingerprint density at radius 2 is 1.96 bits per heavy atom. The molecule has 0 aliphatic heterocycles. The van der Waals surface area contributed by atoms with Crippen molar-refractivity contribution < 1.29 is 23.7 Å². The minimum absolute atomic E-state index is 0.0694. The number of benzene rings is 1. The summed E-state index contributed by atoms with van der Waals surface area (Å²) in [6.07, 6.45) is 5.00. The first-order valence-corrected chi connectivity index (χ1v) is 8.90. The highest BCUT2D eigenvalue weighted by molar-refractivity contribution is 5.96. The van der Waals surface area contributed by atoms with Crippen molar-refractivity contribution >= 4 is 16.7 Å². The second kappa shape index (κ2) is 7.81. The van der Waals surface area contributed by atoms with Crippen molar-refractivity contribution in [2.45, 2.75) is 38.5 Å². The van der Waals surface area contributed by atoms with E-state index in [1.807, 2.05) is 19.2 Å². The van der Waals surface area contributed by atoms with E-state index in [0.717, 1.165) is 41.3 Å². The van der Waals surface area contributed by atoms with Gasteiger partial charge in [-0.2, -0.15) is 0 Å². The molecule has 1 unspecified atom stereocenters. The molecule has 0 radical (unpaired) electrons. The number of hydrogen-bond donors (Lipinski definition) is 0. The zero-order valence-electron chi connectivity index (χ0n) is 15.8. The third-order valence-corrected chi connectivity index (χ3v) is 4.90. The smallest absolute Gasteiger partial charge is 0.306 e. The molecule has 2 aromatic rings. The topological polar surface area (TPSA) is 66.9 Å². The lowest BCUT2D eigenvalue weighted by Crippen LogP contribution is -2.17. The predicted molar refractivity (Wildman–Crippen MR) is 98.3 cm³/mol. The Kier molecular flexibility index (Phi) is 5.49. The number of aromatic nitrogens is 1. The van der Waals surface area contributed by atoms with E-state index in [4.69, 9.17) is 18.9 Å². The summed E-state index contributed by atoms with van der Waals surface area (Å²) in [5.74, 6) is 1.73. The molecule has 6 heteroatoms. The minimum atomic E-state index is -0.175. The Morgan fingerprint density at radius 1 is 1.19 bits per heavy atom. The number of aryl methyl sites for hydroxylation is 1. The summed E-state index contributed by atoms with van der Waals surface area (Å²) in [7, 11) is 4.83. The van der Waals surface area contributed by atoms with Gasteiger partial charge in [0.15, 0.2) is 11.5 Å². The summed E-state index contributed by atoms with van der Waals surface area (Å²) in [5.41, 5.74) is 2.09. The Hall–Kier alpha value is -2.50. The predicted octanol–water partition coefficient (Wildman–Crippen LogP) is 3.63. The number of ether oxygens (including phenoxy) is 4. The van der Waals surface area contributed by atoms with E-state index in [0.29, 0.717) is 30.3 Å². The molecule has 1 aromatic carbocycles. The zero-order valence-corrected chi connectivity index (χ0v) is 15.8. The summed E-state index contributed by atoms with van der Waals surface area (Å²) >= 11 is 0. The number of hydrogen-bond acceptors (Lipinski definition) is 6. The number of rotatable bonds is 6. The Labute approximate surface area is 153 Å². The average molecular weight is 359 g/mol. The van der Waals surface area contributed by atoms with E-state index in [-0.39, 0.29) is 11.9 Å². The molecule has 1 heterocycles. The standard InChI is InChI=1S/C20H25NO5/c1-5-26-16(22)10-12-7-6-8-14-17-13(11-21-18(12)14)9-15(23-2)19(24-3)20(17)25-4/h9,11-12H,5-8,10H2,1-4H3. The maximum atomic E-state index is 12.0. The molecule has 0 spiro atoms. The van der Waals surface area contributed by atoms with Crippen LogP contribution in [0.3, 0.4) is 0 Å². The fourth-order valence-corrected chi connectivity index (χ4v) is 3.82. The molecule has 0 N–H and O–H groups in total. The first-order valence-electron chi connectivity index (χ1n) is 8.90. The molecule has 3 rings (SSSR count). The van der Waals surface area contributed by atoms with Crippen LogP contribution in [0, 0.1) is 0 Å². The van der Waals surface area contributed by atoms with Crippen LogP contribution in [0.5, 0.6) is 17.2 Å². The van der Waals surface area contributed by atoms with Crippen LogP contribution in [0.1, 0.15) is 43.4 Å². The first kappa shape index (κ1) is 18.3. The maximum absolute atomic E-state index is 12.0. The molecule has 0 amide bonds. The van der Waals surface area contributed by atoms with Crippen LogP contribution in [0.25, 0.3) is 10.8 Å². The van der Waals surface area contributed by atoms with E-state index in [1.165, 1.54) is 0 Å². The number of methoxy groups -OCH3 is 3. The van der Waals surface area contributed by atoms with Crippen molar-refractivity contribution in [3.8, 4) is 17.2 Å².